The molecule has 1 atom stereocenters. The maximum atomic E-state index is 11.8. The summed E-state index contributed by atoms with van der Waals surface area (Å²) in [6, 6.07) is 3.49. The number of methoxy groups -OCH3 is 1. The fraction of sp³-hybridized carbons (Fsp3) is 0.417. The fourth-order valence-electron chi connectivity index (χ4n) is 1.42. The number of hydrogen-bond acceptors (Lipinski definition) is 4. The minimum Gasteiger partial charge on any atom is -0.467 e. The van der Waals surface area contributed by atoms with Gasteiger partial charge in [0.1, 0.15) is 11.7 Å². The lowest BCUT2D eigenvalue weighted by molar-refractivity contribution is -0.144. The maximum absolute atomic E-state index is 11.8. The van der Waals surface area contributed by atoms with Gasteiger partial charge in [-0.25, -0.2) is 4.79 Å². The van der Waals surface area contributed by atoms with Crippen LogP contribution in [0.1, 0.15) is 24.3 Å². The Kier molecular flexibility index (Phi) is 4.65. The summed E-state index contributed by atoms with van der Waals surface area (Å²) in [5.41, 5.74) is -0.265. The van der Waals surface area contributed by atoms with E-state index in [-0.39, 0.29) is 17.2 Å². The Morgan fingerprint density at radius 3 is 2.50 bits per heavy atom. The van der Waals surface area contributed by atoms with Crippen LogP contribution in [-0.4, -0.2) is 30.0 Å². The lowest BCUT2D eigenvalue weighted by Crippen LogP contribution is -2.45. The number of pyridine rings is 1. The molecule has 0 bridgehead atoms. The van der Waals surface area contributed by atoms with Crippen molar-refractivity contribution in [1.82, 2.24) is 10.3 Å². The molecule has 1 amide bonds. The molecule has 0 radical (unpaired) electrons. The molecule has 0 saturated heterocycles. The number of H-pyrrole nitrogens is 1. The standard InChI is InChI=1S/C12H16N2O4/c1-7(2)10(12(17)18-3)14-11(16)8-5-4-6-9(15)13-8/h4-7,10H,1-3H3,(H,13,15)(H,14,16)/t10-/m0/s1. The third-order valence-corrected chi connectivity index (χ3v) is 2.42. The zero-order chi connectivity index (χ0) is 13.7. The number of carbonyl (C=O) groups is 2. The van der Waals surface area contributed by atoms with Crippen molar-refractivity contribution < 1.29 is 14.3 Å². The quantitative estimate of drug-likeness (QED) is 0.754. The summed E-state index contributed by atoms with van der Waals surface area (Å²) >= 11 is 0. The summed E-state index contributed by atoms with van der Waals surface area (Å²) in [7, 11) is 1.26. The Bertz CT molecular complexity index is 493. The van der Waals surface area contributed by atoms with E-state index in [0.717, 1.165) is 0 Å². The molecule has 1 rings (SSSR count). The van der Waals surface area contributed by atoms with Crippen LogP contribution in [-0.2, 0) is 9.53 Å². The SMILES string of the molecule is COC(=O)[C@@H](NC(=O)c1cccc(=O)[nH]1)C(C)C. The van der Waals surface area contributed by atoms with Crippen molar-refractivity contribution in [3.8, 4) is 0 Å². The van der Waals surface area contributed by atoms with Crippen molar-refractivity contribution in [2.75, 3.05) is 7.11 Å². The third kappa shape index (κ3) is 3.44. The molecule has 0 fully saturated rings. The second-order valence-corrected chi connectivity index (χ2v) is 4.15. The first-order valence-corrected chi connectivity index (χ1v) is 5.53. The molecule has 2 N–H and O–H groups in total. The summed E-state index contributed by atoms with van der Waals surface area (Å²) in [6.45, 7) is 3.57. The van der Waals surface area contributed by atoms with Crippen molar-refractivity contribution in [1.29, 1.82) is 0 Å². The fourth-order valence-corrected chi connectivity index (χ4v) is 1.42. The van der Waals surface area contributed by atoms with Crippen molar-refractivity contribution in [3.63, 3.8) is 0 Å². The normalized spacial score (nSPS) is 12.0. The Morgan fingerprint density at radius 1 is 1.33 bits per heavy atom. The van der Waals surface area contributed by atoms with Gasteiger partial charge in [-0.05, 0) is 12.0 Å². The number of carbonyl (C=O) groups excluding carboxylic acids is 2. The Hall–Kier alpha value is -2.11. The monoisotopic (exact) mass is 252 g/mol. The van der Waals surface area contributed by atoms with E-state index in [1.54, 1.807) is 13.8 Å². The first-order chi connectivity index (χ1) is 8.45. The van der Waals surface area contributed by atoms with Crippen molar-refractivity contribution >= 4 is 11.9 Å². The molecule has 6 nitrogen and oxygen atoms in total. The number of nitrogens with one attached hydrogen (secondary N) is 2. The van der Waals surface area contributed by atoms with Gasteiger partial charge in [-0.2, -0.15) is 0 Å². The number of aromatic nitrogens is 1. The molecule has 0 aliphatic heterocycles. The largest absolute Gasteiger partial charge is 0.467 e. The van der Waals surface area contributed by atoms with E-state index in [0.29, 0.717) is 0 Å². The van der Waals surface area contributed by atoms with Crippen LogP contribution in [0.4, 0.5) is 0 Å². The Labute approximate surface area is 104 Å². The number of amides is 1. The molecule has 0 aromatic carbocycles. The number of hydrogen-bond donors (Lipinski definition) is 2. The van der Waals surface area contributed by atoms with E-state index in [4.69, 9.17) is 0 Å². The van der Waals surface area contributed by atoms with Crippen LogP contribution >= 0.6 is 0 Å². The topological polar surface area (TPSA) is 88.3 Å². The second-order valence-electron chi connectivity index (χ2n) is 4.15. The van der Waals surface area contributed by atoms with Crippen molar-refractivity contribution in [2.24, 2.45) is 5.92 Å². The minimum atomic E-state index is -0.744. The van der Waals surface area contributed by atoms with Crippen LogP contribution in [0.15, 0.2) is 23.0 Å². The molecule has 1 heterocycles. The maximum Gasteiger partial charge on any atom is 0.328 e. The van der Waals surface area contributed by atoms with Crippen molar-refractivity contribution in [3.05, 3.63) is 34.2 Å². The third-order valence-electron chi connectivity index (χ3n) is 2.42. The molecule has 0 unspecified atom stereocenters. The molecule has 6 heteroatoms. The van der Waals surface area contributed by atoms with E-state index in [1.165, 1.54) is 25.3 Å². The van der Waals surface area contributed by atoms with Gasteiger partial charge in [-0.15, -0.1) is 0 Å². The van der Waals surface area contributed by atoms with Crippen LogP contribution < -0.4 is 10.9 Å². The molecule has 0 saturated carbocycles. The van der Waals surface area contributed by atoms with Crippen molar-refractivity contribution in [2.45, 2.75) is 19.9 Å². The molecular weight excluding hydrogens is 236 g/mol. The predicted octanol–water partition coefficient (Wildman–Crippen LogP) is 0.302. The highest BCUT2D eigenvalue weighted by atomic mass is 16.5. The Balaban J connectivity index is 2.85. The molecule has 0 spiro atoms. The Morgan fingerprint density at radius 2 is 2.00 bits per heavy atom. The summed E-state index contributed by atoms with van der Waals surface area (Å²) in [5, 5.41) is 2.53. The summed E-state index contributed by atoms with van der Waals surface area (Å²) in [6.07, 6.45) is 0. The van der Waals surface area contributed by atoms with Gasteiger partial charge in [-0.3, -0.25) is 9.59 Å². The molecule has 0 aliphatic carbocycles. The molecule has 98 valence electrons. The second kappa shape index (κ2) is 6.00. The number of ether oxygens (including phenoxy) is 1. The van der Waals surface area contributed by atoms with E-state index in [2.05, 4.69) is 15.0 Å². The zero-order valence-electron chi connectivity index (χ0n) is 10.5. The number of aromatic amines is 1. The first-order valence-electron chi connectivity index (χ1n) is 5.53. The van der Waals surface area contributed by atoms with Crippen LogP contribution in [0.5, 0.6) is 0 Å². The lowest BCUT2D eigenvalue weighted by Gasteiger charge is -2.19. The average molecular weight is 252 g/mol. The molecule has 0 aliphatic rings. The summed E-state index contributed by atoms with van der Waals surface area (Å²) < 4.78 is 4.61. The lowest BCUT2D eigenvalue weighted by atomic mass is 10.0. The van der Waals surface area contributed by atoms with Crippen LogP contribution in [0, 0.1) is 5.92 Å². The zero-order valence-corrected chi connectivity index (χ0v) is 10.5. The van der Waals surface area contributed by atoms with E-state index in [9.17, 15) is 14.4 Å². The summed E-state index contributed by atoms with van der Waals surface area (Å²) in [4.78, 5) is 36.8. The van der Waals surface area contributed by atoms with E-state index in [1.807, 2.05) is 0 Å². The van der Waals surface area contributed by atoms with Gasteiger partial charge in [0.25, 0.3) is 5.91 Å². The van der Waals surface area contributed by atoms with Gasteiger partial charge < -0.3 is 15.0 Å². The highest BCUT2D eigenvalue weighted by Crippen LogP contribution is 2.04. The van der Waals surface area contributed by atoms with Gasteiger partial charge >= 0.3 is 5.97 Å². The first kappa shape index (κ1) is 14.0. The molecule has 1 aromatic rings. The van der Waals surface area contributed by atoms with Gasteiger partial charge in [-0.1, -0.05) is 19.9 Å². The van der Waals surface area contributed by atoms with Gasteiger partial charge in [0.05, 0.1) is 7.11 Å². The highest BCUT2D eigenvalue weighted by Gasteiger charge is 2.25. The molecule has 18 heavy (non-hydrogen) atoms. The highest BCUT2D eigenvalue weighted by molar-refractivity contribution is 5.95. The van der Waals surface area contributed by atoms with Crippen LogP contribution in [0.2, 0.25) is 0 Å². The van der Waals surface area contributed by atoms with Crippen LogP contribution in [0.3, 0.4) is 0 Å². The summed E-state index contributed by atoms with van der Waals surface area (Å²) in [5.74, 6) is -1.15. The van der Waals surface area contributed by atoms with Gasteiger partial charge in [0.2, 0.25) is 5.56 Å². The van der Waals surface area contributed by atoms with Gasteiger partial charge in [0.15, 0.2) is 0 Å². The molecule has 1 aromatic heterocycles. The average Bonchev–Trinajstić information content (AvgIpc) is 2.34. The number of rotatable bonds is 4. The van der Waals surface area contributed by atoms with E-state index < -0.39 is 17.9 Å². The molecular formula is C12H16N2O4. The smallest absolute Gasteiger partial charge is 0.328 e. The van der Waals surface area contributed by atoms with Gasteiger partial charge in [0, 0.05) is 6.07 Å². The number of esters is 1. The van der Waals surface area contributed by atoms with E-state index >= 15 is 0 Å². The van der Waals surface area contributed by atoms with Crippen LogP contribution in [0.25, 0.3) is 0 Å². The predicted molar refractivity (Wildman–Crippen MR) is 65.2 cm³/mol. The minimum absolute atomic E-state index is 0.108.